The van der Waals surface area contributed by atoms with Crippen molar-refractivity contribution < 1.29 is 10.2 Å². The summed E-state index contributed by atoms with van der Waals surface area (Å²) in [7, 11) is 2.21. The molecule has 0 aliphatic heterocycles. The minimum Gasteiger partial charge on any atom is -0.392 e. The predicted molar refractivity (Wildman–Crippen MR) is 137 cm³/mol. The van der Waals surface area contributed by atoms with E-state index in [-0.39, 0.29) is 23.7 Å². The van der Waals surface area contributed by atoms with Crippen molar-refractivity contribution in [1.82, 2.24) is 4.90 Å². The third-order valence-corrected chi connectivity index (χ3v) is 8.45. The van der Waals surface area contributed by atoms with Crippen molar-refractivity contribution in [2.45, 2.75) is 97.3 Å². The maximum absolute atomic E-state index is 10.6. The van der Waals surface area contributed by atoms with E-state index in [0.29, 0.717) is 17.8 Å². The highest BCUT2D eigenvalue weighted by molar-refractivity contribution is 7.99. The van der Waals surface area contributed by atoms with Crippen LogP contribution in [0, 0.1) is 23.7 Å². The van der Waals surface area contributed by atoms with Gasteiger partial charge in [0.15, 0.2) is 0 Å². The monoisotopic (exact) mass is 451 g/mol. The van der Waals surface area contributed by atoms with Crippen LogP contribution in [0.4, 0.5) is 0 Å². The Balaban J connectivity index is 1.72. The van der Waals surface area contributed by atoms with E-state index in [0.717, 1.165) is 25.8 Å². The zero-order valence-corrected chi connectivity index (χ0v) is 21.8. The first-order valence-corrected chi connectivity index (χ1v) is 13.8. The van der Waals surface area contributed by atoms with E-state index >= 15 is 0 Å². The molecule has 2 aliphatic carbocycles. The van der Waals surface area contributed by atoms with Gasteiger partial charge in [0, 0.05) is 23.8 Å². The molecule has 0 radical (unpaired) electrons. The van der Waals surface area contributed by atoms with Gasteiger partial charge in [0.2, 0.25) is 0 Å². The lowest BCUT2D eigenvalue weighted by atomic mass is 9.88. The number of unbranched alkanes of at least 4 members (excludes halogenated alkanes) is 1. The quantitative estimate of drug-likeness (QED) is 0.270. The number of allylic oxidation sites excluding steroid dienone is 2. The molecule has 2 aliphatic rings. The van der Waals surface area contributed by atoms with Crippen molar-refractivity contribution >= 4 is 11.8 Å². The standard InChI is InChI=1S/C27H49NO2S/c1-7-8-9-20(2)16-23(29)10-11-24-25-18-21(17-22(25)19-26(24)30)12-14-31-15-13-28(6)27(3,4)5/h10-11,17,20,22-26,29-30H,7-9,12-16,18-19H2,1-6H3/t20-,22-,23+,24+,25-,26+/m0/s1. The van der Waals surface area contributed by atoms with Crippen molar-refractivity contribution in [3.63, 3.8) is 0 Å². The fourth-order valence-electron chi connectivity index (χ4n) is 5.05. The lowest BCUT2D eigenvalue weighted by Crippen LogP contribution is -2.39. The number of aliphatic hydroxyl groups excluding tert-OH is 2. The Labute approximate surface area is 196 Å². The van der Waals surface area contributed by atoms with Gasteiger partial charge in [-0.15, -0.1) is 0 Å². The van der Waals surface area contributed by atoms with E-state index in [4.69, 9.17) is 0 Å². The molecule has 0 aromatic heterocycles. The minimum absolute atomic E-state index is 0.201. The van der Waals surface area contributed by atoms with E-state index < -0.39 is 0 Å². The second-order valence-electron chi connectivity index (χ2n) is 11.1. The van der Waals surface area contributed by atoms with E-state index in [1.165, 1.54) is 37.2 Å². The van der Waals surface area contributed by atoms with Crippen LogP contribution in [0.25, 0.3) is 0 Å². The lowest BCUT2D eigenvalue weighted by molar-refractivity contribution is 0.139. The summed E-state index contributed by atoms with van der Waals surface area (Å²) in [5.74, 6) is 4.20. The first-order valence-electron chi connectivity index (χ1n) is 12.6. The summed E-state index contributed by atoms with van der Waals surface area (Å²) in [5.41, 5.74) is 1.84. The average Bonchev–Trinajstić information content (AvgIpc) is 3.19. The summed E-state index contributed by atoms with van der Waals surface area (Å²) in [6.07, 6.45) is 13.6. The van der Waals surface area contributed by atoms with Gasteiger partial charge in [0.1, 0.15) is 0 Å². The molecule has 0 bridgehead atoms. The summed E-state index contributed by atoms with van der Waals surface area (Å²) in [4.78, 5) is 2.43. The van der Waals surface area contributed by atoms with Gasteiger partial charge in [-0.25, -0.2) is 0 Å². The summed E-state index contributed by atoms with van der Waals surface area (Å²) in [6, 6.07) is 0. The van der Waals surface area contributed by atoms with Crippen molar-refractivity contribution in [2.24, 2.45) is 23.7 Å². The zero-order chi connectivity index (χ0) is 23.0. The summed E-state index contributed by atoms with van der Waals surface area (Å²) in [6.45, 7) is 12.4. The van der Waals surface area contributed by atoms with Crippen LogP contribution < -0.4 is 0 Å². The molecule has 3 nitrogen and oxygen atoms in total. The predicted octanol–water partition coefficient (Wildman–Crippen LogP) is 5.92. The third kappa shape index (κ3) is 8.87. The second kappa shape index (κ2) is 12.8. The summed E-state index contributed by atoms with van der Waals surface area (Å²) in [5, 5.41) is 21.0. The molecule has 31 heavy (non-hydrogen) atoms. The van der Waals surface area contributed by atoms with Crippen LogP contribution in [-0.4, -0.2) is 58.0 Å². The van der Waals surface area contributed by atoms with Gasteiger partial charge in [-0.05, 0) is 77.0 Å². The van der Waals surface area contributed by atoms with Crippen LogP contribution in [0.5, 0.6) is 0 Å². The van der Waals surface area contributed by atoms with Crippen LogP contribution in [-0.2, 0) is 0 Å². The Kier molecular flexibility index (Phi) is 11.1. The van der Waals surface area contributed by atoms with Crippen molar-refractivity contribution in [2.75, 3.05) is 25.1 Å². The molecule has 1 fully saturated rings. The summed E-state index contributed by atoms with van der Waals surface area (Å²) < 4.78 is 0. The Morgan fingerprint density at radius 1 is 1.29 bits per heavy atom. The highest BCUT2D eigenvalue weighted by Gasteiger charge is 2.43. The Bertz CT molecular complexity index is 582. The molecule has 0 heterocycles. The van der Waals surface area contributed by atoms with Gasteiger partial charge in [0.25, 0.3) is 0 Å². The van der Waals surface area contributed by atoms with E-state index in [2.05, 4.69) is 70.5 Å². The van der Waals surface area contributed by atoms with E-state index in [1.54, 1.807) is 5.57 Å². The second-order valence-corrected chi connectivity index (χ2v) is 12.4. The molecule has 4 heteroatoms. The van der Waals surface area contributed by atoms with Crippen LogP contribution >= 0.6 is 11.8 Å². The molecule has 0 aromatic rings. The molecular weight excluding hydrogens is 402 g/mol. The maximum atomic E-state index is 10.6. The van der Waals surface area contributed by atoms with Gasteiger partial charge in [-0.1, -0.05) is 56.9 Å². The fraction of sp³-hybridized carbons (Fsp3) is 0.852. The van der Waals surface area contributed by atoms with Gasteiger partial charge < -0.3 is 15.1 Å². The number of rotatable bonds is 13. The Morgan fingerprint density at radius 2 is 2.03 bits per heavy atom. The van der Waals surface area contributed by atoms with Gasteiger partial charge >= 0.3 is 0 Å². The van der Waals surface area contributed by atoms with Crippen LogP contribution in [0.15, 0.2) is 23.8 Å². The SMILES string of the molecule is CCCC[C@H](C)C[C@H](O)C=C[C@@H]1[C@H]2CC(CCSCCN(C)C(C)(C)C)=C[C@H]2C[C@H]1O. The molecule has 0 spiro atoms. The highest BCUT2D eigenvalue weighted by Crippen LogP contribution is 2.48. The van der Waals surface area contributed by atoms with Crippen molar-refractivity contribution in [3.8, 4) is 0 Å². The molecule has 6 atom stereocenters. The van der Waals surface area contributed by atoms with Crippen molar-refractivity contribution in [1.29, 1.82) is 0 Å². The topological polar surface area (TPSA) is 43.7 Å². The third-order valence-electron chi connectivity index (χ3n) is 7.48. The van der Waals surface area contributed by atoms with E-state index in [9.17, 15) is 10.2 Å². The molecule has 0 saturated heterocycles. The number of thioether (sulfide) groups is 1. The van der Waals surface area contributed by atoms with Crippen LogP contribution in [0.2, 0.25) is 0 Å². The zero-order valence-electron chi connectivity index (χ0n) is 21.0. The molecule has 0 unspecified atom stereocenters. The molecule has 0 aromatic carbocycles. The number of nitrogens with zero attached hydrogens (tertiary/aromatic N) is 1. The first kappa shape index (κ1) is 27.0. The summed E-state index contributed by atoms with van der Waals surface area (Å²) >= 11 is 2.06. The van der Waals surface area contributed by atoms with Crippen molar-refractivity contribution in [3.05, 3.63) is 23.8 Å². The van der Waals surface area contributed by atoms with Crippen LogP contribution in [0.1, 0.15) is 79.6 Å². The minimum atomic E-state index is -0.380. The number of fused-ring (bicyclic) bond motifs is 1. The number of aliphatic hydroxyl groups is 2. The fourth-order valence-corrected chi connectivity index (χ4v) is 6.06. The largest absolute Gasteiger partial charge is 0.392 e. The number of hydrogen-bond donors (Lipinski definition) is 2. The molecular formula is C27H49NO2S. The molecule has 0 amide bonds. The molecule has 180 valence electrons. The van der Waals surface area contributed by atoms with Gasteiger partial charge in [-0.2, -0.15) is 11.8 Å². The lowest BCUT2D eigenvalue weighted by Gasteiger charge is -2.31. The van der Waals surface area contributed by atoms with Crippen LogP contribution in [0.3, 0.4) is 0 Å². The molecule has 2 N–H and O–H groups in total. The number of hydrogen-bond acceptors (Lipinski definition) is 4. The smallest absolute Gasteiger partial charge is 0.0723 e. The highest BCUT2D eigenvalue weighted by atomic mass is 32.2. The molecule has 2 rings (SSSR count). The van der Waals surface area contributed by atoms with E-state index in [1.807, 2.05) is 6.08 Å². The average molecular weight is 452 g/mol. The maximum Gasteiger partial charge on any atom is 0.0723 e. The van der Waals surface area contributed by atoms with Gasteiger partial charge in [0.05, 0.1) is 12.2 Å². The van der Waals surface area contributed by atoms with Gasteiger partial charge in [-0.3, -0.25) is 0 Å². The molecule has 1 saturated carbocycles. The normalized spacial score (nSPS) is 28.4. The Morgan fingerprint density at radius 3 is 2.71 bits per heavy atom. The first-order chi connectivity index (χ1) is 14.6. The Hall–Kier alpha value is -0.290.